The van der Waals surface area contributed by atoms with Gasteiger partial charge in [0.1, 0.15) is 17.8 Å². The number of benzene rings is 3. The van der Waals surface area contributed by atoms with E-state index in [4.69, 9.17) is 10.5 Å². The van der Waals surface area contributed by atoms with Gasteiger partial charge in [0.15, 0.2) is 5.82 Å². The second kappa shape index (κ2) is 8.62. The highest BCUT2D eigenvalue weighted by molar-refractivity contribution is 9.10. The van der Waals surface area contributed by atoms with Gasteiger partial charge in [-0.25, -0.2) is 4.98 Å². The minimum atomic E-state index is 0.283. The van der Waals surface area contributed by atoms with E-state index in [1.165, 1.54) is 6.33 Å². The Bertz CT molecular complexity index is 1040. The van der Waals surface area contributed by atoms with Crippen molar-refractivity contribution in [1.29, 1.82) is 0 Å². The number of hydrazine groups is 1. The summed E-state index contributed by atoms with van der Waals surface area (Å²) in [7, 11) is 0. The van der Waals surface area contributed by atoms with Crippen LogP contribution in [0.25, 0.3) is 0 Å². The second-order valence-corrected chi connectivity index (χ2v) is 7.03. The van der Waals surface area contributed by atoms with E-state index in [0.717, 1.165) is 15.8 Å². The highest BCUT2D eigenvalue weighted by Gasteiger charge is 2.15. The third-order valence-corrected chi connectivity index (χ3v) is 4.65. The Balaban J connectivity index is 1.65. The van der Waals surface area contributed by atoms with Gasteiger partial charge >= 0.3 is 0 Å². The topological polar surface area (TPSA) is 76.3 Å². The number of anilines is 4. The standard InChI is InChI=1S/C22H18BrN5O/c23-16-11-13-19(14-12-16)29-22-20(24)21(25-15-26-22)27-28(17-7-3-1-4-8-17)18-9-5-2-6-10-18/h1-15H,24H2,(H,25,26,27). The van der Waals surface area contributed by atoms with Gasteiger partial charge in [-0.15, -0.1) is 0 Å². The van der Waals surface area contributed by atoms with Gasteiger partial charge in [-0.3, -0.25) is 10.4 Å². The van der Waals surface area contributed by atoms with Gasteiger partial charge in [0.05, 0.1) is 11.4 Å². The van der Waals surface area contributed by atoms with Crippen molar-refractivity contribution in [2.24, 2.45) is 0 Å². The lowest BCUT2D eigenvalue weighted by Crippen LogP contribution is -2.25. The number of rotatable bonds is 6. The molecule has 0 radical (unpaired) electrons. The van der Waals surface area contributed by atoms with Crippen molar-refractivity contribution in [2.75, 3.05) is 16.2 Å². The number of hydrogen-bond acceptors (Lipinski definition) is 6. The summed E-state index contributed by atoms with van der Waals surface area (Å²) in [6, 6.07) is 27.2. The summed E-state index contributed by atoms with van der Waals surface area (Å²) in [5, 5.41) is 1.90. The number of nitrogens with two attached hydrogens (primary N) is 1. The van der Waals surface area contributed by atoms with Crippen LogP contribution in [-0.2, 0) is 0 Å². The highest BCUT2D eigenvalue weighted by Crippen LogP contribution is 2.32. The van der Waals surface area contributed by atoms with Gasteiger partial charge in [-0.1, -0.05) is 52.3 Å². The van der Waals surface area contributed by atoms with Gasteiger partial charge in [0.25, 0.3) is 0 Å². The summed E-state index contributed by atoms with van der Waals surface area (Å²) < 4.78 is 6.80. The van der Waals surface area contributed by atoms with Crippen molar-refractivity contribution in [3.05, 3.63) is 95.7 Å². The molecule has 0 saturated carbocycles. The van der Waals surface area contributed by atoms with E-state index >= 15 is 0 Å². The molecule has 0 spiro atoms. The average molecular weight is 448 g/mol. The Morgan fingerprint density at radius 3 is 1.97 bits per heavy atom. The molecule has 1 aromatic heterocycles. The molecule has 6 nitrogen and oxygen atoms in total. The number of para-hydroxylation sites is 2. The normalized spacial score (nSPS) is 10.4. The summed E-state index contributed by atoms with van der Waals surface area (Å²) >= 11 is 3.41. The van der Waals surface area contributed by atoms with Crippen molar-refractivity contribution in [3.63, 3.8) is 0 Å². The first-order chi connectivity index (χ1) is 14.2. The molecule has 0 saturated heterocycles. The molecule has 3 aromatic carbocycles. The minimum absolute atomic E-state index is 0.283. The van der Waals surface area contributed by atoms with Gasteiger partial charge in [0.2, 0.25) is 5.88 Å². The first kappa shape index (κ1) is 18.8. The van der Waals surface area contributed by atoms with Crippen LogP contribution in [-0.4, -0.2) is 9.97 Å². The molecular weight excluding hydrogens is 430 g/mol. The third-order valence-electron chi connectivity index (χ3n) is 4.12. The van der Waals surface area contributed by atoms with E-state index in [9.17, 15) is 0 Å². The van der Waals surface area contributed by atoms with E-state index in [0.29, 0.717) is 17.3 Å². The third kappa shape index (κ3) is 4.47. The van der Waals surface area contributed by atoms with Gasteiger partial charge in [0, 0.05) is 4.47 Å². The Hall–Kier alpha value is -3.58. The van der Waals surface area contributed by atoms with Crippen LogP contribution >= 0.6 is 15.9 Å². The summed E-state index contributed by atoms with van der Waals surface area (Å²) in [6.45, 7) is 0. The van der Waals surface area contributed by atoms with Crippen LogP contribution in [0.15, 0.2) is 95.7 Å². The van der Waals surface area contributed by atoms with Gasteiger partial charge in [-0.2, -0.15) is 4.98 Å². The monoisotopic (exact) mass is 447 g/mol. The number of nitrogen functional groups attached to an aromatic ring is 1. The predicted octanol–water partition coefficient (Wildman–Crippen LogP) is 5.78. The van der Waals surface area contributed by atoms with Crippen molar-refractivity contribution in [3.8, 4) is 11.6 Å². The molecule has 0 bridgehead atoms. The zero-order chi connectivity index (χ0) is 20.1. The lowest BCUT2D eigenvalue weighted by Gasteiger charge is -2.26. The molecule has 0 aliphatic heterocycles. The van der Waals surface area contributed by atoms with Crippen LogP contribution < -0.4 is 20.9 Å². The molecule has 0 aliphatic carbocycles. The molecule has 29 heavy (non-hydrogen) atoms. The zero-order valence-corrected chi connectivity index (χ0v) is 17.0. The van der Waals surface area contributed by atoms with Crippen LogP contribution in [0.3, 0.4) is 0 Å². The summed E-state index contributed by atoms with van der Waals surface area (Å²) in [5.41, 5.74) is 11.8. The molecular formula is C22H18BrN5O. The summed E-state index contributed by atoms with van der Waals surface area (Å²) in [4.78, 5) is 8.49. The lowest BCUT2D eigenvalue weighted by molar-refractivity contribution is 0.464. The van der Waals surface area contributed by atoms with Crippen LogP contribution in [0, 0.1) is 0 Å². The predicted molar refractivity (Wildman–Crippen MR) is 119 cm³/mol. The molecule has 0 aliphatic rings. The summed E-state index contributed by atoms with van der Waals surface area (Å²) in [6.07, 6.45) is 1.42. The van der Waals surface area contributed by atoms with Crippen LogP contribution in [0.5, 0.6) is 11.6 Å². The van der Waals surface area contributed by atoms with E-state index in [1.807, 2.05) is 89.9 Å². The molecule has 0 amide bonds. The molecule has 4 aromatic rings. The average Bonchev–Trinajstić information content (AvgIpc) is 2.77. The fraction of sp³-hybridized carbons (Fsp3) is 0. The Morgan fingerprint density at radius 2 is 1.38 bits per heavy atom. The number of nitrogens with one attached hydrogen (secondary N) is 1. The first-order valence-electron chi connectivity index (χ1n) is 8.91. The Morgan fingerprint density at radius 1 is 0.793 bits per heavy atom. The van der Waals surface area contributed by atoms with Crippen molar-refractivity contribution < 1.29 is 4.74 Å². The largest absolute Gasteiger partial charge is 0.437 e. The quantitative estimate of drug-likeness (QED) is 0.364. The molecule has 7 heteroatoms. The van der Waals surface area contributed by atoms with Gasteiger partial charge in [-0.05, 0) is 48.5 Å². The molecule has 4 rings (SSSR count). The molecule has 3 N–H and O–H groups in total. The van der Waals surface area contributed by atoms with E-state index in [-0.39, 0.29) is 5.88 Å². The van der Waals surface area contributed by atoms with Crippen LogP contribution in [0.2, 0.25) is 0 Å². The SMILES string of the molecule is Nc1c(NN(c2ccccc2)c2ccccc2)ncnc1Oc1ccc(Br)cc1. The lowest BCUT2D eigenvalue weighted by atomic mass is 10.2. The molecule has 0 fully saturated rings. The second-order valence-electron chi connectivity index (χ2n) is 6.12. The highest BCUT2D eigenvalue weighted by atomic mass is 79.9. The maximum atomic E-state index is 6.32. The zero-order valence-electron chi connectivity index (χ0n) is 15.4. The summed E-state index contributed by atoms with van der Waals surface area (Å²) in [5.74, 6) is 1.36. The van der Waals surface area contributed by atoms with Gasteiger partial charge < -0.3 is 10.5 Å². The van der Waals surface area contributed by atoms with Crippen molar-refractivity contribution >= 4 is 38.8 Å². The fourth-order valence-electron chi connectivity index (χ4n) is 2.70. The number of ether oxygens (including phenoxy) is 1. The Labute approximate surface area is 177 Å². The smallest absolute Gasteiger partial charge is 0.248 e. The maximum Gasteiger partial charge on any atom is 0.248 e. The maximum absolute atomic E-state index is 6.32. The molecule has 0 unspecified atom stereocenters. The van der Waals surface area contributed by atoms with Crippen LogP contribution in [0.1, 0.15) is 0 Å². The first-order valence-corrected chi connectivity index (χ1v) is 9.71. The molecule has 144 valence electrons. The molecule has 1 heterocycles. The number of halogens is 1. The Kier molecular flexibility index (Phi) is 5.58. The van der Waals surface area contributed by atoms with E-state index in [1.54, 1.807) is 0 Å². The van der Waals surface area contributed by atoms with Crippen molar-refractivity contribution in [1.82, 2.24) is 9.97 Å². The van der Waals surface area contributed by atoms with Crippen LogP contribution in [0.4, 0.5) is 22.9 Å². The molecule has 0 atom stereocenters. The number of aromatic nitrogens is 2. The fourth-order valence-corrected chi connectivity index (χ4v) is 2.97. The number of hydrogen-bond donors (Lipinski definition) is 2. The van der Waals surface area contributed by atoms with E-state index in [2.05, 4.69) is 31.3 Å². The van der Waals surface area contributed by atoms with Crippen molar-refractivity contribution in [2.45, 2.75) is 0 Å². The minimum Gasteiger partial charge on any atom is -0.437 e. The number of nitrogens with zero attached hydrogens (tertiary/aromatic N) is 3. The van der Waals surface area contributed by atoms with E-state index < -0.39 is 0 Å².